The fourth-order valence-corrected chi connectivity index (χ4v) is 5.69. The summed E-state index contributed by atoms with van der Waals surface area (Å²) in [6.45, 7) is 7.96. The highest BCUT2D eigenvalue weighted by Crippen LogP contribution is 2.52. The average molecular weight is 357 g/mol. The van der Waals surface area contributed by atoms with Gasteiger partial charge in [-0.15, -0.1) is 0 Å². The normalized spacial score (nSPS) is 35.5. The molecule has 1 aliphatic carbocycles. The predicted octanol–water partition coefficient (Wildman–Crippen LogP) is 3.03. The molecule has 1 aromatic carbocycles. The smallest absolute Gasteiger partial charge is 0.241 e. The third kappa shape index (κ3) is 3.23. The van der Waals surface area contributed by atoms with E-state index in [2.05, 4.69) is 48.7 Å². The van der Waals surface area contributed by atoms with E-state index in [1.54, 1.807) is 7.11 Å². The van der Waals surface area contributed by atoms with Gasteiger partial charge < -0.3 is 9.64 Å². The van der Waals surface area contributed by atoms with E-state index < -0.39 is 0 Å². The molecule has 4 atom stereocenters. The molecule has 4 rings (SSSR count). The SMILES string of the molecule is COc1ccc(C2CC(C(=O)N3C[C@]4(C)C[C@H]3CC(C)(C)C4)NN2)cc1. The topological polar surface area (TPSA) is 53.6 Å². The van der Waals surface area contributed by atoms with Crippen molar-refractivity contribution in [2.45, 2.75) is 64.6 Å². The minimum Gasteiger partial charge on any atom is -0.497 e. The van der Waals surface area contributed by atoms with E-state index in [0.717, 1.165) is 31.6 Å². The highest BCUT2D eigenvalue weighted by atomic mass is 16.5. The van der Waals surface area contributed by atoms with Crippen molar-refractivity contribution in [3.63, 3.8) is 0 Å². The van der Waals surface area contributed by atoms with Crippen molar-refractivity contribution in [2.75, 3.05) is 13.7 Å². The van der Waals surface area contributed by atoms with Crippen LogP contribution in [-0.2, 0) is 4.79 Å². The number of hydrogen-bond acceptors (Lipinski definition) is 4. The van der Waals surface area contributed by atoms with Gasteiger partial charge in [-0.25, -0.2) is 10.9 Å². The summed E-state index contributed by atoms with van der Waals surface area (Å²) in [5.74, 6) is 1.12. The molecule has 2 saturated heterocycles. The number of carbonyl (C=O) groups is 1. The van der Waals surface area contributed by atoms with Crippen LogP contribution in [0.2, 0.25) is 0 Å². The minimum absolute atomic E-state index is 0.145. The highest BCUT2D eigenvalue weighted by Gasteiger charge is 2.52. The largest absolute Gasteiger partial charge is 0.497 e. The van der Waals surface area contributed by atoms with Crippen molar-refractivity contribution in [1.82, 2.24) is 15.8 Å². The number of nitrogens with zero attached hydrogens (tertiary/aromatic N) is 1. The highest BCUT2D eigenvalue weighted by molar-refractivity contribution is 5.83. The van der Waals surface area contributed by atoms with Gasteiger partial charge in [0, 0.05) is 18.6 Å². The molecule has 2 heterocycles. The summed E-state index contributed by atoms with van der Waals surface area (Å²) >= 11 is 0. The van der Waals surface area contributed by atoms with Crippen molar-refractivity contribution in [3.05, 3.63) is 29.8 Å². The summed E-state index contributed by atoms with van der Waals surface area (Å²) in [5.41, 5.74) is 8.36. The van der Waals surface area contributed by atoms with Crippen LogP contribution in [0.4, 0.5) is 0 Å². The lowest BCUT2D eigenvalue weighted by Crippen LogP contribution is -2.47. The molecule has 1 aromatic rings. The van der Waals surface area contributed by atoms with Gasteiger partial charge in [-0.2, -0.15) is 0 Å². The van der Waals surface area contributed by atoms with Gasteiger partial charge in [-0.3, -0.25) is 4.79 Å². The van der Waals surface area contributed by atoms with Crippen LogP contribution in [0.1, 0.15) is 58.1 Å². The summed E-state index contributed by atoms with van der Waals surface area (Å²) < 4.78 is 5.23. The molecular weight excluding hydrogens is 326 g/mol. The van der Waals surface area contributed by atoms with Crippen molar-refractivity contribution in [1.29, 1.82) is 0 Å². The van der Waals surface area contributed by atoms with E-state index in [1.165, 1.54) is 12.0 Å². The van der Waals surface area contributed by atoms with Crippen LogP contribution in [0.15, 0.2) is 24.3 Å². The molecule has 0 radical (unpaired) electrons. The monoisotopic (exact) mass is 357 g/mol. The number of methoxy groups -OCH3 is 1. The Balaban J connectivity index is 1.43. The first kappa shape index (κ1) is 17.8. The number of carbonyl (C=O) groups excluding carboxylic acids is 1. The Morgan fingerprint density at radius 1 is 1.15 bits per heavy atom. The van der Waals surface area contributed by atoms with Crippen LogP contribution in [0.3, 0.4) is 0 Å². The van der Waals surface area contributed by atoms with Crippen LogP contribution < -0.4 is 15.6 Å². The van der Waals surface area contributed by atoms with Crippen molar-refractivity contribution < 1.29 is 9.53 Å². The summed E-state index contributed by atoms with van der Waals surface area (Å²) in [6.07, 6.45) is 4.28. The van der Waals surface area contributed by atoms with Crippen LogP contribution >= 0.6 is 0 Å². The lowest BCUT2D eigenvalue weighted by atomic mass is 9.65. The zero-order valence-corrected chi connectivity index (χ0v) is 16.3. The molecule has 5 heteroatoms. The van der Waals surface area contributed by atoms with Crippen molar-refractivity contribution in [3.8, 4) is 5.75 Å². The summed E-state index contributed by atoms with van der Waals surface area (Å²) in [5, 5.41) is 0. The molecule has 0 spiro atoms. The molecule has 142 valence electrons. The first-order chi connectivity index (χ1) is 12.3. The second kappa shape index (κ2) is 6.24. The quantitative estimate of drug-likeness (QED) is 0.873. The standard InChI is InChI=1S/C21H31N3O2/c1-20(2)10-15-11-21(3,12-20)13-24(15)19(25)18-9-17(22-23-18)14-5-7-16(26-4)8-6-14/h5-8,15,17-18,22-23H,9-13H2,1-4H3/t15-,17?,18?,21-/m1/s1. The number of benzene rings is 1. The molecule has 3 aliphatic rings. The fraction of sp³-hybridized carbons (Fsp3) is 0.667. The number of hydrogen-bond donors (Lipinski definition) is 2. The van der Waals surface area contributed by atoms with Crippen LogP contribution in [0.5, 0.6) is 5.75 Å². The number of hydrazine groups is 1. The molecule has 2 aliphatic heterocycles. The van der Waals surface area contributed by atoms with E-state index >= 15 is 0 Å². The van der Waals surface area contributed by atoms with Gasteiger partial charge in [0.05, 0.1) is 7.11 Å². The third-order valence-electron chi connectivity index (χ3n) is 6.42. The first-order valence-corrected chi connectivity index (χ1v) is 9.74. The number of fused-ring (bicyclic) bond motifs is 2. The Labute approximate surface area is 156 Å². The van der Waals surface area contributed by atoms with E-state index in [-0.39, 0.29) is 23.4 Å². The molecule has 3 fully saturated rings. The maximum absolute atomic E-state index is 13.2. The van der Waals surface area contributed by atoms with Gasteiger partial charge in [0.25, 0.3) is 0 Å². The van der Waals surface area contributed by atoms with Crippen LogP contribution in [-0.4, -0.2) is 36.5 Å². The lowest BCUT2D eigenvalue weighted by molar-refractivity contribution is -0.134. The van der Waals surface area contributed by atoms with E-state index in [9.17, 15) is 4.79 Å². The second-order valence-electron chi connectivity index (χ2n) is 9.58. The van der Waals surface area contributed by atoms with Gasteiger partial charge in [-0.1, -0.05) is 32.9 Å². The third-order valence-corrected chi connectivity index (χ3v) is 6.42. The maximum atomic E-state index is 13.2. The zero-order chi connectivity index (χ0) is 18.5. The average Bonchev–Trinajstić information content (AvgIpc) is 3.16. The van der Waals surface area contributed by atoms with Gasteiger partial charge in [0.2, 0.25) is 5.91 Å². The number of rotatable bonds is 3. The summed E-state index contributed by atoms with van der Waals surface area (Å²) in [4.78, 5) is 15.4. The summed E-state index contributed by atoms with van der Waals surface area (Å²) in [6, 6.07) is 8.49. The second-order valence-corrected chi connectivity index (χ2v) is 9.58. The Hall–Kier alpha value is -1.59. The Morgan fingerprint density at radius 2 is 1.88 bits per heavy atom. The maximum Gasteiger partial charge on any atom is 0.241 e. The van der Waals surface area contributed by atoms with Crippen LogP contribution in [0, 0.1) is 10.8 Å². The predicted molar refractivity (Wildman–Crippen MR) is 102 cm³/mol. The number of nitrogens with one attached hydrogen (secondary N) is 2. The molecule has 2 N–H and O–H groups in total. The Morgan fingerprint density at radius 3 is 2.58 bits per heavy atom. The number of amides is 1. The van der Waals surface area contributed by atoms with Gasteiger partial charge in [0.15, 0.2) is 0 Å². The molecular formula is C21H31N3O2. The lowest BCUT2D eigenvalue weighted by Gasteiger charge is -2.39. The fourth-order valence-electron chi connectivity index (χ4n) is 5.69. The summed E-state index contributed by atoms with van der Waals surface area (Å²) in [7, 11) is 1.67. The first-order valence-electron chi connectivity index (χ1n) is 9.74. The molecule has 26 heavy (non-hydrogen) atoms. The van der Waals surface area contributed by atoms with Gasteiger partial charge >= 0.3 is 0 Å². The molecule has 5 nitrogen and oxygen atoms in total. The zero-order valence-electron chi connectivity index (χ0n) is 16.3. The number of ether oxygens (including phenoxy) is 1. The van der Waals surface area contributed by atoms with Crippen LogP contribution in [0.25, 0.3) is 0 Å². The Bertz CT molecular complexity index is 687. The van der Waals surface area contributed by atoms with E-state index in [1.807, 2.05) is 12.1 Å². The minimum atomic E-state index is -0.145. The molecule has 2 unspecified atom stereocenters. The van der Waals surface area contributed by atoms with E-state index in [4.69, 9.17) is 4.74 Å². The molecule has 0 aromatic heterocycles. The van der Waals surface area contributed by atoms with Gasteiger partial charge in [0.1, 0.15) is 11.8 Å². The van der Waals surface area contributed by atoms with Gasteiger partial charge in [-0.05, 0) is 54.2 Å². The number of likely N-dealkylation sites (tertiary alicyclic amines) is 1. The molecule has 1 saturated carbocycles. The molecule has 2 bridgehead atoms. The Kier molecular flexibility index (Phi) is 4.27. The van der Waals surface area contributed by atoms with Crippen molar-refractivity contribution >= 4 is 5.91 Å². The molecule has 1 amide bonds. The van der Waals surface area contributed by atoms with E-state index in [0.29, 0.717) is 11.5 Å². The van der Waals surface area contributed by atoms with Crippen molar-refractivity contribution in [2.24, 2.45) is 10.8 Å².